The Balaban J connectivity index is 1.40. The Labute approximate surface area is 199 Å². The SMILES string of the molecule is COc1cc(Br)c(CCC(=O)Oc2ccc(N3C(=O)c4ccccc4C3=O)cc2)cc1OC. The van der Waals surface area contributed by atoms with Crippen molar-refractivity contribution >= 4 is 39.4 Å². The molecule has 1 heterocycles. The minimum Gasteiger partial charge on any atom is -0.493 e. The number of carbonyl (C=O) groups is 3. The fraction of sp³-hybridized carbons (Fsp3) is 0.160. The van der Waals surface area contributed by atoms with Crippen LogP contribution in [-0.2, 0) is 11.2 Å². The van der Waals surface area contributed by atoms with Gasteiger partial charge in [0, 0.05) is 4.47 Å². The number of rotatable bonds is 7. The van der Waals surface area contributed by atoms with Crippen LogP contribution in [0.25, 0.3) is 0 Å². The molecular formula is C25H20BrNO6. The number of hydrogen-bond acceptors (Lipinski definition) is 6. The van der Waals surface area contributed by atoms with Gasteiger partial charge in [0.1, 0.15) is 5.75 Å². The Morgan fingerprint density at radius 1 is 0.879 bits per heavy atom. The summed E-state index contributed by atoms with van der Waals surface area (Å²) in [5, 5.41) is 0. The highest BCUT2D eigenvalue weighted by molar-refractivity contribution is 9.10. The fourth-order valence-corrected chi connectivity index (χ4v) is 4.11. The number of hydrogen-bond donors (Lipinski definition) is 0. The molecule has 0 aliphatic carbocycles. The molecule has 2 amide bonds. The number of esters is 1. The largest absolute Gasteiger partial charge is 0.493 e. The second-order valence-corrected chi connectivity index (χ2v) is 8.11. The molecule has 0 atom stereocenters. The molecular weight excluding hydrogens is 490 g/mol. The molecule has 0 saturated carbocycles. The number of fused-ring (bicyclic) bond motifs is 1. The van der Waals surface area contributed by atoms with Gasteiger partial charge in [0.05, 0.1) is 37.5 Å². The zero-order valence-electron chi connectivity index (χ0n) is 18.0. The van der Waals surface area contributed by atoms with E-state index >= 15 is 0 Å². The van der Waals surface area contributed by atoms with Gasteiger partial charge in [-0.3, -0.25) is 14.4 Å². The maximum absolute atomic E-state index is 12.6. The number of methoxy groups -OCH3 is 2. The lowest BCUT2D eigenvalue weighted by Gasteiger charge is -2.14. The monoisotopic (exact) mass is 509 g/mol. The van der Waals surface area contributed by atoms with Crippen molar-refractivity contribution in [1.82, 2.24) is 0 Å². The van der Waals surface area contributed by atoms with E-state index in [4.69, 9.17) is 14.2 Å². The highest BCUT2D eigenvalue weighted by Gasteiger charge is 2.36. The highest BCUT2D eigenvalue weighted by Crippen LogP contribution is 2.34. The van der Waals surface area contributed by atoms with E-state index in [1.807, 2.05) is 6.07 Å². The van der Waals surface area contributed by atoms with Gasteiger partial charge in [-0.05, 0) is 60.5 Å². The maximum atomic E-state index is 12.6. The van der Waals surface area contributed by atoms with E-state index in [1.54, 1.807) is 68.8 Å². The first-order valence-electron chi connectivity index (χ1n) is 10.1. The Morgan fingerprint density at radius 3 is 2.03 bits per heavy atom. The average molecular weight is 510 g/mol. The molecule has 0 bridgehead atoms. The van der Waals surface area contributed by atoms with Crippen molar-refractivity contribution in [3.05, 3.63) is 81.8 Å². The molecule has 0 fully saturated rings. The number of benzene rings is 3. The molecule has 168 valence electrons. The number of halogens is 1. The van der Waals surface area contributed by atoms with E-state index in [0.717, 1.165) is 14.9 Å². The quantitative estimate of drug-likeness (QED) is 0.258. The molecule has 0 saturated heterocycles. The first-order valence-corrected chi connectivity index (χ1v) is 10.9. The first-order chi connectivity index (χ1) is 15.9. The third-order valence-corrected chi connectivity index (χ3v) is 6.01. The number of ether oxygens (including phenoxy) is 3. The molecule has 33 heavy (non-hydrogen) atoms. The van der Waals surface area contributed by atoms with Crippen LogP contribution < -0.4 is 19.1 Å². The topological polar surface area (TPSA) is 82.1 Å². The minimum absolute atomic E-state index is 0.147. The highest BCUT2D eigenvalue weighted by atomic mass is 79.9. The van der Waals surface area contributed by atoms with Crippen LogP contribution in [0.3, 0.4) is 0 Å². The molecule has 3 aromatic rings. The molecule has 1 aliphatic heterocycles. The van der Waals surface area contributed by atoms with Crippen LogP contribution in [0.4, 0.5) is 5.69 Å². The van der Waals surface area contributed by atoms with Crippen molar-refractivity contribution < 1.29 is 28.6 Å². The van der Waals surface area contributed by atoms with Gasteiger partial charge in [0.25, 0.3) is 11.8 Å². The van der Waals surface area contributed by atoms with Gasteiger partial charge >= 0.3 is 5.97 Å². The number of nitrogens with zero attached hydrogens (tertiary/aromatic N) is 1. The minimum atomic E-state index is -0.412. The van der Waals surface area contributed by atoms with Gasteiger partial charge in [-0.15, -0.1) is 0 Å². The Hall–Kier alpha value is -3.65. The Kier molecular flexibility index (Phi) is 6.46. The van der Waals surface area contributed by atoms with Crippen LogP contribution in [0.15, 0.2) is 65.1 Å². The zero-order chi connectivity index (χ0) is 23.5. The lowest BCUT2D eigenvalue weighted by Crippen LogP contribution is -2.29. The molecule has 0 N–H and O–H groups in total. The summed E-state index contributed by atoms with van der Waals surface area (Å²) < 4.78 is 16.8. The van der Waals surface area contributed by atoms with Gasteiger partial charge in [0.2, 0.25) is 0 Å². The number of imide groups is 1. The number of amides is 2. The van der Waals surface area contributed by atoms with Crippen LogP contribution in [0.1, 0.15) is 32.7 Å². The van der Waals surface area contributed by atoms with Crippen molar-refractivity contribution in [2.24, 2.45) is 0 Å². The van der Waals surface area contributed by atoms with Crippen LogP contribution in [0.5, 0.6) is 17.2 Å². The number of aryl methyl sites for hydroxylation is 1. The van der Waals surface area contributed by atoms with Crippen LogP contribution in [0.2, 0.25) is 0 Å². The molecule has 7 nitrogen and oxygen atoms in total. The molecule has 0 radical (unpaired) electrons. The van der Waals surface area contributed by atoms with Gasteiger partial charge in [-0.1, -0.05) is 28.1 Å². The molecule has 0 aromatic heterocycles. The second kappa shape index (κ2) is 9.46. The van der Waals surface area contributed by atoms with Gasteiger partial charge < -0.3 is 14.2 Å². The second-order valence-electron chi connectivity index (χ2n) is 7.26. The standard InChI is InChI=1S/C25H20BrNO6/c1-31-21-13-15(20(26)14-22(21)32-2)7-12-23(28)33-17-10-8-16(9-11-17)27-24(29)18-5-3-4-6-19(18)25(27)30/h3-6,8-11,13-14H,7,12H2,1-2H3. The molecule has 1 aliphatic rings. The lowest BCUT2D eigenvalue weighted by molar-refractivity contribution is -0.134. The molecule has 8 heteroatoms. The molecule has 0 unspecified atom stereocenters. The fourth-order valence-electron chi connectivity index (χ4n) is 3.59. The predicted molar refractivity (Wildman–Crippen MR) is 125 cm³/mol. The summed E-state index contributed by atoms with van der Waals surface area (Å²) in [7, 11) is 3.11. The Morgan fingerprint density at radius 2 is 1.45 bits per heavy atom. The van der Waals surface area contributed by atoms with Crippen molar-refractivity contribution in [3.8, 4) is 17.2 Å². The molecule has 3 aromatic carbocycles. The number of anilines is 1. The maximum Gasteiger partial charge on any atom is 0.311 e. The zero-order valence-corrected chi connectivity index (χ0v) is 19.5. The third-order valence-electron chi connectivity index (χ3n) is 5.27. The van der Waals surface area contributed by atoms with E-state index in [1.165, 1.54) is 0 Å². The summed E-state index contributed by atoms with van der Waals surface area (Å²) in [6.45, 7) is 0. The summed E-state index contributed by atoms with van der Waals surface area (Å²) in [5.74, 6) is 0.334. The van der Waals surface area contributed by atoms with Crippen molar-refractivity contribution in [1.29, 1.82) is 0 Å². The van der Waals surface area contributed by atoms with Crippen molar-refractivity contribution in [2.45, 2.75) is 12.8 Å². The predicted octanol–water partition coefficient (Wildman–Crippen LogP) is 4.81. The summed E-state index contributed by atoms with van der Waals surface area (Å²) in [4.78, 5) is 38.7. The normalized spacial score (nSPS) is 12.5. The van der Waals surface area contributed by atoms with Crippen LogP contribution in [-0.4, -0.2) is 32.0 Å². The average Bonchev–Trinajstić information content (AvgIpc) is 3.08. The third kappa shape index (κ3) is 4.47. The van der Waals surface area contributed by atoms with E-state index in [2.05, 4.69) is 15.9 Å². The summed E-state index contributed by atoms with van der Waals surface area (Å²) >= 11 is 3.48. The smallest absolute Gasteiger partial charge is 0.311 e. The van der Waals surface area contributed by atoms with Gasteiger partial charge in [-0.2, -0.15) is 0 Å². The summed E-state index contributed by atoms with van der Waals surface area (Å²) in [6, 6.07) is 16.6. The van der Waals surface area contributed by atoms with Gasteiger partial charge in [0.15, 0.2) is 11.5 Å². The summed E-state index contributed by atoms with van der Waals surface area (Å²) in [6.07, 6.45) is 0.584. The first kappa shape index (κ1) is 22.5. The van der Waals surface area contributed by atoms with E-state index in [-0.39, 0.29) is 18.2 Å². The van der Waals surface area contributed by atoms with E-state index in [0.29, 0.717) is 40.5 Å². The van der Waals surface area contributed by atoms with Gasteiger partial charge in [-0.25, -0.2) is 4.90 Å². The molecule has 4 rings (SSSR count). The lowest BCUT2D eigenvalue weighted by atomic mass is 10.1. The van der Waals surface area contributed by atoms with Crippen molar-refractivity contribution in [2.75, 3.05) is 19.1 Å². The Bertz CT molecular complexity index is 1200. The van der Waals surface area contributed by atoms with Crippen molar-refractivity contribution in [3.63, 3.8) is 0 Å². The van der Waals surface area contributed by atoms with E-state index < -0.39 is 5.97 Å². The summed E-state index contributed by atoms with van der Waals surface area (Å²) in [5.41, 5.74) is 2.04. The van der Waals surface area contributed by atoms with Crippen LogP contribution in [0, 0.1) is 0 Å². The number of carbonyl (C=O) groups excluding carboxylic acids is 3. The van der Waals surface area contributed by atoms with Crippen LogP contribution >= 0.6 is 15.9 Å². The van der Waals surface area contributed by atoms with E-state index in [9.17, 15) is 14.4 Å². The molecule has 0 spiro atoms.